The van der Waals surface area contributed by atoms with E-state index in [-0.39, 0.29) is 17.3 Å². The minimum atomic E-state index is -3.84. The van der Waals surface area contributed by atoms with E-state index in [2.05, 4.69) is 13.8 Å². The number of aryl methyl sites for hydroxylation is 1. The fourth-order valence-electron chi connectivity index (χ4n) is 3.37. The van der Waals surface area contributed by atoms with Crippen molar-refractivity contribution >= 4 is 21.6 Å². The number of hydrogen-bond acceptors (Lipinski definition) is 3. The van der Waals surface area contributed by atoms with Crippen LogP contribution in [0.15, 0.2) is 53.4 Å². The largest absolute Gasteiger partial charge is 0.341 e. The van der Waals surface area contributed by atoms with Crippen LogP contribution >= 0.6 is 0 Å². The first-order valence-electron chi connectivity index (χ1n) is 9.76. The van der Waals surface area contributed by atoms with Crippen molar-refractivity contribution in [3.63, 3.8) is 0 Å². The zero-order chi connectivity index (χ0) is 20.3. The topological polar surface area (TPSA) is 57.7 Å². The monoisotopic (exact) mass is 400 g/mol. The van der Waals surface area contributed by atoms with Crippen LogP contribution in [0.2, 0.25) is 0 Å². The molecule has 0 bridgehead atoms. The van der Waals surface area contributed by atoms with Gasteiger partial charge in [-0.25, -0.2) is 8.42 Å². The average Bonchev–Trinajstić information content (AvgIpc) is 3.21. The Morgan fingerprint density at radius 2 is 1.57 bits per heavy atom. The van der Waals surface area contributed by atoms with Gasteiger partial charge in [-0.15, -0.1) is 0 Å². The molecule has 1 aliphatic heterocycles. The molecule has 0 spiro atoms. The van der Waals surface area contributed by atoms with Gasteiger partial charge in [0.1, 0.15) is 6.54 Å². The molecule has 28 heavy (non-hydrogen) atoms. The lowest BCUT2D eigenvalue weighted by Gasteiger charge is -2.26. The number of sulfonamides is 1. The molecule has 0 N–H and O–H groups in total. The molecule has 3 rings (SSSR count). The average molecular weight is 401 g/mol. The highest BCUT2D eigenvalue weighted by molar-refractivity contribution is 7.92. The maximum atomic E-state index is 13.4. The summed E-state index contributed by atoms with van der Waals surface area (Å²) >= 11 is 0. The molecule has 1 aliphatic rings. The summed E-state index contributed by atoms with van der Waals surface area (Å²) in [5.41, 5.74) is 2.62. The smallest absolute Gasteiger partial charge is 0.264 e. The third-order valence-electron chi connectivity index (χ3n) is 5.19. The van der Waals surface area contributed by atoms with Crippen LogP contribution in [0.25, 0.3) is 0 Å². The number of benzene rings is 2. The molecule has 1 heterocycles. The van der Waals surface area contributed by atoms with Crippen LogP contribution in [0.4, 0.5) is 5.69 Å². The lowest BCUT2D eigenvalue weighted by Crippen LogP contribution is -2.42. The summed E-state index contributed by atoms with van der Waals surface area (Å²) in [6.07, 6.45) is 1.94. The third-order valence-corrected chi connectivity index (χ3v) is 6.98. The molecule has 0 aliphatic carbocycles. The summed E-state index contributed by atoms with van der Waals surface area (Å²) in [7, 11) is -3.84. The number of carbonyl (C=O) groups excluding carboxylic acids is 1. The van der Waals surface area contributed by atoms with Crippen molar-refractivity contribution < 1.29 is 13.2 Å². The first-order valence-corrected chi connectivity index (χ1v) is 11.2. The van der Waals surface area contributed by atoms with Gasteiger partial charge in [-0.2, -0.15) is 0 Å². The van der Waals surface area contributed by atoms with Crippen molar-refractivity contribution in [2.75, 3.05) is 23.9 Å². The number of nitrogens with zero attached hydrogens (tertiary/aromatic N) is 2. The molecule has 0 radical (unpaired) electrons. The molecular weight excluding hydrogens is 372 g/mol. The minimum absolute atomic E-state index is 0.152. The summed E-state index contributed by atoms with van der Waals surface area (Å²) in [6.45, 7) is 7.31. The fourth-order valence-corrected chi connectivity index (χ4v) is 4.78. The van der Waals surface area contributed by atoms with E-state index in [0.29, 0.717) is 24.7 Å². The molecule has 5 nitrogen and oxygen atoms in total. The van der Waals surface area contributed by atoms with E-state index in [1.54, 1.807) is 41.3 Å². The van der Waals surface area contributed by atoms with Crippen LogP contribution in [0.3, 0.4) is 0 Å². The van der Waals surface area contributed by atoms with Crippen molar-refractivity contribution in [3.8, 4) is 0 Å². The second-order valence-electron chi connectivity index (χ2n) is 7.66. The van der Waals surface area contributed by atoms with Crippen LogP contribution in [-0.4, -0.2) is 38.9 Å². The maximum Gasteiger partial charge on any atom is 0.264 e. The van der Waals surface area contributed by atoms with Gasteiger partial charge in [0.2, 0.25) is 5.91 Å². The fraction of sp³-hybridized carbons (Fsp3) is 0.409. The summed E-state index contributed by atoms with van der Waals surface area (Å²) in [6, 6.07) is 14.2. The van der Waals surface area contributed by atoms with Gasteiger partial charge in [-0.1, -0.05) is 43.7 Å². The van der Waals surface area contributed by atoms with Gasteiger partial charge in [0, 0.05) is 13.1 Å². The molecule has 1 fully saturated rings. The van der Waals surface area contributed by atoms with E-state index in [1.165, 1.54) is 4.31 Å². The number of hydrogen-bond donors (Lipinski definition) is 0. The molecule has 2 aromatic carbocycles. The van der Waals surface area contributed by atoms with E-state index in [4.69, 9.17) is 0 Å². The Hall–Kier alpha value is -2.34. The van der Waals surface area contributed by atoms with Crippen LogP contribution in [0, 0.1) is 6.92 Å². The van der Waals surface area contributed by atoms with Gasteiger partial charge < -0.3 is 4.90 Å². The zero-order valence-electron chi connectivity index (χ0n) is 16.8. The molecule has 1 amide bonds. The number of likely N-dealkylation sites (tertiary alicyclic amines) is 1. The standard InChI is InChI=1S/C22H28N2O3S/c1-17(2)19-8-10-20(11-9-19)24(16-22(25)23-14-4-5-15-23)28(26,27)21-12-6-18(3)7-13-21/h6-13,17H,4-5,14-16H2,1-3H3. The SMILES string of the molecule is Cc1ccc(S(=O)(=O)N(CC(=O)N2CCCC2)c2ccc(C(C)C)cc2)cc1. The normalized spacial score (nSPS) is 14.5. The molecule has 0 aromatic heterocycles. The second kappa shape index (κ2) is 8.35. The first kappa shape index (κ1) is 20.4. The molecule has 2 aromatic rings. The van der Waals surface area contributed by atoms with Crippen LogP contribution < -0.4 is 4.31 Å². The Kier molecular flexibility index (Phi) is 6.08. The Balaban J connectivity index is 1.97. The summed E-state index contributed by atoms with van der Waals surface area (Å²) < 4.78 is 28.0. The van der Waals surface area contributed by atoms with Crippen molar-refractivity contribution in [2.45, 2.75) is 44.4 Å². The van der Waals surface area contributed by atoms with Crippen molar-refractivity contribution in [2.24, 2.45) is 0 Å². The molecule has 150 valence electrons. The summed E-state index contributed by atoms with van der Waals surface area (Å²) in [4.78, 5) is 14.7. The number of carbonyl (C=O) groups is 1. The van der Waals surface area contributed by atoms with E-state index in [0.717, 1.165) is 24.0 Å². The highest BCUT2D eigenvalue weighted by Crippen LogP contribution is 2.26. The van der Waals surface area contributed by atoms with E-state index < -0.39 is 10.0 Å². The van der Waals surface area contributed by atoms with Gasteiger partial charge in [0.15, 0.2) is 0 Å². The van der Waals surface area contributed by atoms with Crippen LogP contribution in [-0.2, 0) is 14.8 Å². The number of rotatable bonds is 6. The Morgan fingerprint density at radius 1 is 1.00 bits per heavy atom. The van der Waals surface area contributed by atoms with E-state index in [9.17, 15) is 13.2 Å². The van der Waals surface area contributed by atoms with Crippen molar-refractivity contribution in [1.82, 2.24) is 4.90 Å². The van der Waals surface area contributed by atoms with Crippen molar-refractivity contribution in [1.29, 1.82) is 0 Å². The summed E-state index contributed by atoms with van der Waals surface area (Å²) in [5.74, 6) is 0.198. The Bertz CT molecular complexity index is 913. The number of anilines is 1. The van der Waals surface area contributed by atoms with Crippen molar-refractivity contribution in [3.05, 3.63) is 59.7 Å². The lowest BCUT2D eigenvalue weighted by atomic mass is 10.0. The van der Waals surface area contributed by atoms with Gasteiger partial charge in [-0.3, -0.25) is 9.10 Å². The predicted molar refractivity (Wildman–Crippen MR) is 112 cm³/mol. The summed E-state index contributed by atoms with van der Waals surface area (Å²) in [5, 5.41) is 0. The van der Waals surface area contributed by atoms with Gasteiger partial charge in [-0.05, 0) is 55.5 Å². The van der Waals surface area contributed by atoms with Gasteiger partial charge in [0.25, 0.3) is 10.0 Å². The molecule has 1 saturated heterocycles. The Morgan fingerprint density at radius 3 is 2.11 bits per heavy atom. The third kappa shape index (κ3) is 4.38. The second-order valence-corrected chi connectivity index (χ2v) is 9.52. The molecule has 0 atom stereocenters. The predicted octanol–water partition coefficient (Wildman–Crippen LogP) is 3.94. The molecule has 0 unspecified atom stereocenters. The first-order chi connectivity index (χ1) is 13.3. The molecule has 6 heteroatoms. The van der Waals surface area contributed by atoms with Crippen LogP contribution in [0.5, 0.6) is 0 Å². The number of amides is 1. The highest BCUT2D eigenvalue weighted by Gasteiger charge is 2.29. The van der Waals surface area contributed by atoms with E-state index >= 15 is 0 Å². The quantitative estimate of drug-likeness (QED) is 0.738. The Labute approximate surface area is 168 Å². The van der Waals surface area contributed by atoms with Crippen LogP contribution in [0.1, 0.15) is 43.7 Å². The maximum absolute atomic E-state index is 13.4. The van der Waals surface area contributed by atoms with Gasteiger partial charge >= 0.3 is 0 Å². The van der Waals surface area contributed by atoms with E-state index in [1.807, 2.05) is 19.1 Å². The highest BCUT2D eigenvalue weighted by atomic mass is 32.2. The molecular formula is C22H28N2O3S. The van der Waals surface area contributed by atoms with Gasteiger partial charge in [0.05, 0.1) is 10.6 Å². The lowest BCUT2D eigenvalue weighted by molar-refractivity contribution is -0.128. The molecule has 0 saturated carbocycles. The zero-order valence-corrected chi connectivity index (χ0v) is 17.6. The minimum Gasteiger partial charge on any atom is -0.341 e.